The number of aromatic hydroxyl groups is 1. The van der Waals surface area contributed by atoms with E-state index in [1.807, 2.05) is 30.3 Å². The Labute approximate surface area is 248 Å². The second-order valence-corrected chi connectivity index (χ2v) is 11.7. The standard InChI is InChI=1S/C29H41N5O7S/c1-19(32-28(39)24(30)15-21-9-11-23(36)12-10-21)27(38)31-17-26(37)33-29(40)25(16-20-7-5-4-6-8-20)34(2)22(18-35)13-14-42(3)41/h4-12,19,22,24-25,35-36H,13-18,30H2,1-3H3,(H,31,38)(H,32,39)(H,33,37,40)/t19-,22+,24+,25+,42?/m1/s1. The van der Waals surface area contributed by atoms with Crippen LogP contribution in [0.25, 0.3) is 0 Å². The molecular formula is C29H41N5O7S. The molecule has 0 saturated carbocycles. The summed E-state index contributed by atoms with van der Waals surface area (Å²) < 4.78 is 11.6. The number of imide groups is 1. The molecule has 230 valence electrons. The van der Waals surface area contributed by atoms with Gasteiger partial charge in [0.15, 0.2) is 0 Å². The third kappa shape index (κ3) is 11.7. The van der Waals surface area contributed by atoms with E-state index in [1.165, 1.54) is 19.1 Å². The first-order valence-electron chi connectivity index (χ1n) is 13.5. The van der Waals surface area contributed by atoms with Gasteiger partial charge in [-0.1, -0.05) is 42.5 Å². The number of rotatable bonds is 16. The van der Waals surface area contributed by atoms with E-state index in [1.54, 1.807) is 30.3 Å². The monoisotopic (exact) mass is 603 g/mol. The summed E-state index contributed by atoms with van der Waals surface area (Å²) in [5.74, 6) is -2.14. The Morgan fingerprint density at radius 1 is 0.952 bits per heavy atom. The number of hydrogen-bond acceptors (Lipinski definition) is 9. The number of phenols is 1. The fourth-order valence-electron chi connectivity index (χ4n) is 4.19. The number of phenolic OH excluding ortho intramolecular Hbond substituents is 1. The van der Waals surface area contributed by atoms with Gasteiger partial charge < -0.3 is 26.6 Å². The molecule has 4 amide bonds. The number of nitrogens with zero attached hydrogens (tertiary/aromatic N) is 1. The van der Waals surface area contributed by atoms with E-state index in [0.29, 0.717) is 12.2 Å². The largest absolute Gasteiger partial charge is 0.508 e. The van der Waals surface area contributed by atoms with Crippen LogP contribution in [0.3, 0.4) is 0 Å². The Hall–Kier alpha value is -3.65. The van der Waals surface area contributed by atoms with Crippen molar-refractivity contribution in [2.75, 3.05) is 32.2 Å². The molecule has 7 N–H and O–H groups in total. The zero-order valence-electron chi connectivity index (χ0n) is 24.1. The lowest BCUT2D eigenvalue weighted by Gasteiger charge is -2.33. The normalized spacial score (nSPS) is 14.7. The van der Waals surface area contributed by atoms with Crippen LogP contribution in [0, 0.1) is 0 Å². The number of aliphatic hydroxyl groups is 1. The van der Waals surface area contributed by atoms with Gasteiger partial charge in [-0.25, -0.2) is 0 Å². The number of nitrogens with one attached hydrogen (secondary N) is 3. The minimum absolute atomic E-state index is 0.0895. The molecule has 0 aliphatic carbocycles. The molecule has 5 atom stereocenters. The van der Waals surface area contributed by atoms with Gasteiger partial charge in [-0.15, -0.1) is 0 Å². The number of carbonyl (C=O) groups excluding carboxylic acids is 4. The maximum absolute atomic E-state index is 13.2. The van der Waals surface area contributed by atoms with Crippen LogP contribution in [-0.2, 0) is 42.8 Å². The summed E-state index contributed by atoms with van der Waals surface area (Å²) in [6.45, 7) is 0.662. The van der Waals surface area contributed by atoms with Crippen molar-refractivity contribution in [1.29, 1.82) is 0 Å². The number of carbonyl (C=O) groups is 4. The number of benzene rings is 2. The molecular weight excluding hydrogens is 562 g/mol. The van der Waals surface area contributed by atoms with Crippen LogP contribution in [0.15, 0.2) is 54.6 Å². The molecule has 0 aromatic heterocycles. The van der Waals surface area contributed by atoms with Crippen LogP contribution < -0.4 is 21.7 Å². The average molecular weight is 604 g/mol. The van der Waals surface area contributed by atoms with E-state index >= 15 is 0 Å². The SMILES string of the molecule is C[C@@H](NC(=O)[C@@H](N)Cc1ccc(O)cc1)C(=O)NCC(=O)NC(=O)[C@H](Cc1ccccc1)N(C)[C@H](CO)CCS(C)=O. The lowest BCUT2D eigenvalue weighted by Crippen LogP contribution is -2.55. The molecule has 1 unspecified atom stereocenters. The van der Waals surface area contributed by atoms with Crippen molar-refractivity contribution in [1.82, 2.24) is 20.9 Å². The summed E-state index contributed by atoms with van der Waals surface area (Å²) >= 11 is 0. The summed E-state index contributed by atoms with van der Waals surface area (Å²) in [7, 11) is 0.585. The van der Waals surface area contributed by atoms with E-state index in [0.717, 1.165) is 11.1 Å². The fraction of sp³-hybridized carbons (Fsp3) is 0.448. The molecule has 2 rings (SSSR count). The molecule has 0 aliphatic heterocycles. The summed E-state index contributed by atoms with van der Waals surface area (Å²) in [4.78, 5) is 52.4. The van der Waals surface area contributed by atoms with Gasteiger partial charge >= 0.3 is 0 Å². The molecule has 0 fully saturated rings. The van der Waals surface area contributed by atoms with E-state index in [2.05, 4.69) is 16.0 Å². The van der Waals surface area contributed by atoms with Crippen molar-refractivity contribution in [2.45, 2.75) is 50.4 Å². The zero-order chi connectivity index (χ0) is 31.2. The lowest BCUT2D eigenvalue weighted by molar-refractivity contribution is -0.135. The number of aliphatic hydroxyl groups excluding tert-OH is 1. The predicted molar refractivity (Wildman–Crippen MR) is 160 cm³/mol. The van der Waals surface area contributed by atoms with Crippen molar-refractivity contribution in [3.05, 3.63) is 65.7 Å². The predicted octanol–water partition coefficient (Wildman–Crippen LogP) is -0.802. The van der Waals surface area contributed by atoms with Crippen molar-refractivity contribution >= 4 is 34.4 Å². The van der Waals surface area contributed by atoms with Crippen molar-refractivity contribution in [3.8, 4) is 5.75 Å². The van der Waals surface area contributed by atoms with Crippen LogP contribution in [0.1, 0.15) is 24.5 Å². The van der Waals surface area contributed by atoms with Crippen molar-refractivity contribution < 1.29 is 33.6 Å². The minimum atomic E-state index is -1.08. The number of hydrogen-bond donors (Lipinski definition) is 6. The molecule has 42 heavy (non-hydrogen) atoms. The third-order valence-electron chi connectivity index (χ3n) is 6.76. The topological polar surface area (TPSA) is 191 Å². The highest BCUT2D eigenvalue weighted by molar-refractivity contribution is 7.84. The molecule has 0 radical (unpaired) electrons. The Balaban J connectivity index is 1.93. The Bertz CT molecular complexity index is 1210. The summed E-state index contributed by atoms with van der Waals surface area (Å²) in [5.41, 5.74) is 7.52. The van der Waals surface area contributed by atoms with Crippen LogP contribution in [-0.4, -0.2) is 99.3 Å². The minimum Gasteiger partial charge on any atom is -0.508 e. The quantitative estimate of drug-likeness (QED) is 0.143. The van der Waals surface area contributed by atoms with Gasteiger partial charge in [0, 0.05) is 28.9 Å². The smallest absolute Gasteiger partial charge is 0.245 e. The number of nitrogens with two attached hydrogens (primary N) is 1. The molecule has 2 aromatic carbocycles. The molecule has 0 aliphatic rings. The Kier molecular flexibility index (Phi) is 14.3. The van der Waals surface area contributed by atoms with Gasteiger partial charge in [0.25, 0.3) is 0 Å². The van der Waals surface area contributed by atoms with Gasteiger partial charge in [0.1, 0.15) is 11.8 Å². The molecule has 2 aromatic rings. The van der Waals surface area contributed by atoms with Crippen LogP contribution in [0.2, 0.25) is 0 Å². The highest BCUT2D eigenvalue weighted by Gasteiger charge is 2.30. The average Bonchev–Trinajstić information content (AvgIpc) is 2.96. The highest BCUT2D eigenvalue weighted by Crippen LogP contribution is 2.14. The lowest BCUT2D eigenvalue weighted by atomic mass is 10.0. The molecule has 12 nitrogen and oxygen atoms in total. The van der Waals surface area contributed by atoms with Gasteiger partial charge in [-0.3, -0.25) is 33.6 Å². The first-order chi connectivity index (χ1) is 19.9. The Morgan fingerprint density at radius 3 is 2.17 bits per heavy atom. The second-order valence-electron chi connectivity index (χ2n) is 10.1. The fourth-order valence-corrected chi connectivity index (χ4v) is 4.79. The Morgan fingerprint density at radius 2 is 1.57 bits per heavy atom. The third-order valence-corrected chi connectivity index (χ3v) is 7.57. The van der Waals surface area contributed by atoms with Crippen molar-refractivity contribution in [3.63, 3.8) is 0 Å². The van der Waals surface area contributed by atoms with Crippen molar-refractivity contribution in [2.24, 2.45) is 5.73 Å². The first kappa shape index (κ1) is 34.6. The van der Waals surface area contributed by atoms with Gasteiger partial charge in [0.2, 0.25) is 23.6 Å². The molecule has 0 saturated heterocycles. The first-order valence-corrected chi connectivity index (χ1v) is 15.3. The summed E-state index contributed by atoms with van der Waals surface area (Å²) in [6.07, 6.45) is 2.40. The highest BCUT2D eigenvalue weighted by atomic mass is 32.2. The van der Waals surface area contributed by atoms with Crippen LogP contribution in [0.4, 0.5) is 0 Å². The summed E-state index contributed by atoms with van der Waals surface area (Å²) in [5, 5.41) is 26.5. The summed E-state index contributed by atoms with van der Waals surface area (Å²) in [6, 6.07) is 12.2. The number of likely N-dealkylation sites (N-methyl/N-ethyl adjacent to an activating group) is 1. The zero-order valence-corrected chi connectivity index (χ0v) is 24.9. The van der Waals surface area contributed by atoms with E-state index in [4.69, 9.17) is 5.73 Å². The van der Waals surface area contributed by atoms with Crippen LogP contribution >= 0.6 is 0 Å². The van der Waals surface area contributed by atoms with E-state index in [9.17, 15) is 33.6 Å². The van der Waals surface area contributed by atoms with Gasteiger partial charge in [0.05, 0.1) is 25.2 Å². The van der Waals surface area contributed by atoms with E-state index < -0.39 is 65.1 Å². The number of amides is 4. The second kappa shape index (κ2) is 17.3. The molecule has 13 heteroatoms. The van der Waals surface area contributed by atoms with E-state index in [-0.39, 0.29) is 25.2 Å². The maximum atomic E-state index is 13.2. The molecule has 0 bridgehead atoms. The molecule has 0 spiro atoms. The maximum Gasteiger partial charge on any atom is 0.245 e. The van der Waals surface area contributed by atoms with Gasteiger partial charge in [-0.2, -0.15) is 0 Å². The van der Waals surface area contributed by atoms with Crippen LogP contribution in [0.5, 0.6) is 5.75 Å². The molecule has 0 heterocycles. The van der Waals surface area contributed by atoms with Gasteiger partial charge in [-0.05, 0) is 56.5 Å².